The molecule has 0 radical (unpaired) electrons. The third-order valence-electron chi connectivity index (χ3n) is 8.71. The van der Waals surface area contributed by atoms with Crippen LogP contribution in [0.5, 0.6) is 0 Å². The Hall–Kier alpha value is -1.91. The van der Waals surface area contributed by atoms with E-state index in [-0.39, 0.29) is 44.3 Å². The van der Waals surface area contributed by atoms with Gasteiger partial charge in [0.15, 0.2) is 25.7 Å². The van der Waals surface area contributed by atoms with Gasteiger partial charge in [0.25, 0.3) is 5.56 Å². The van der Waals surface area contributed by atoms with Gasteiger partial charge in [-0.15, -0.1) is 0 Å². The summed E-state index contributed by atoms with van der Waals surface area (Å²) in [5, 5.41) is -0.419. The first-order valence-corrected chi connectivity index (χ1v) is 19.1. The molecule has 2 saturated heterocycles. The third-order valence-corrected chi connectivity index (χ3v) is 18.3. The zero-order valence-corrected chi connectivity index (χ0v) is 29.4. The lowest BCUT2D eigenvalue weighted by Gasteiger charge is -2.54. The fourth-order valence-corrected chi connectivity index (χ4v) is 11.9. The quantitative estimate of drug-likeness (QED) is 0.263. The maximum atomic E-state index is 13.3. The zero-order valence-electron chi connectivity index (χ0n) is 27.4. The van der Waals surface area contributed by atoms with E-state index in [0.717, 1.165) is 0 Å². The molecule has 0 amide bonds. The molecular formula is C28H50N6O5Si2. The molecule has 230 valence electrons. The Morgan fingerprint density at radius 2 is 1.73 bits per heavy atom. The summed E-state index contributed by atoms with van der Waals surface area (Å²) in [6.45, 7) is 24.8. The smallest absolute Gasteiger partial charge is 0.349 e. The number of hydrogen-bond acceptors (Lipinski definition) is 8. The molecule has 0 bridgehead atoms. The molecule has 2 aliphatic rings. The number of ether oxygens (including phenoxy) is 1. The lowest BCUT2D eigenvalue weighted by atomic mass is 10.1. The molecule has 11 nitrogen and oxygen atoms in total. The minimum atomic E-state index is -2.81. The van der Waals surface area contributed by atoms with Crippen molar-refractivity contribution in [1.82, 2.24) is 24.0 Å². The van der Waals surface area contributed by atoms with Gasteiger partial charge in [-0.25, -0.2) is 9.98 Å². The van der Waals surface area contributed by atoms with Gasteiger partial charge >= 0.3 is 8.56 Å². The highest BCUT2D eigenvalue weighted by Crippen LogP contribution is 2.56. The third kappa shape index (κ3) is 5.49. The second kappa shape index (κ2) is 10.4. The van der Waals surface area contributed by atoms with Crippen molar-refractivity contribution in [3.05, 3.63) is 16.7 Å². The molecule has 4 atom stereocenters. The van der Waals surface area contributed by atoms with Gasteiger partial charge in [0, 0.05) is 31.2 Å². The van der Waals surface area contributed by atoms with Crippen molar-refractivity contribution in [1.29, 1.82) is 0 Å². The van der Waals surface area contributed by atoms with Crippen molar-refractivity contribution in [2.45, 2.75) is 115 Å². The summed E-state index contributed by atoms with van der Waals surface area (Å²) in [7, 11) is 0.265. The molecule has 1 unspecified atom stereocenters. The Morgan fingerprint density at radius 3 is 2.27 bits per heavy atom. The van der Waals surface area contributed by atoms with Crippen molar-refractivity contribution < 1.29 is 18.0 Å². The van der Waals surface area contributed by atoms with E-state index in [9.17, 15) is 4.79 Å². The fourth-order valence-electron chi connectivity index (χ4n) is 5.69. The standard InChI is InChI=1S/C28H50N6O5Si2/c1-26(2,3)40(13,14)38-21-20-18(15-36-41(39-20,27(4,5)6)28(7,8)9)37-24(21)34-17-29-19-22(34)31-25(30-16-32(10)11)33(12)23(19)35/h16-18,20-21,24H,15H2,1-14H3/b30-16+/t18-,20-,21?,24+/m0/s1. The molecule has 0 N–H and O–H groups in total. The number of aliphatic imine (C=N–C) groups is 1. The summed E-state index contributed by atoms with van der Waals surface area (Å²) in [6.07, 6.45) is 1.51. The predicted molar refractivity (Wildman–Crippen MR) is 167 cm³/mol. The van der Waals surface area contributed by atoms with Crippen molar-refractivity contribution in [2.24, 2.45) is 12.0 Å². The van der Waals surface area contributed by atoms with Crippen LogP contribution >= 0.6 is 0 Å². The summed E-state index contributed by atoms with van der Waals surface area (Å²) in [5.41, 5.74) is 0.386. The summed E-state index contributed by atoms with van der Waals surface area (Å²) in [6, 6.07) is 0. The van der Waals surface area contributed by atoms with Gasteiger partial charge in [0.05, 0.1) is 19.3 Å². The maximum Gasteiger partial charge on any atom is 0.349 e. The molecular weight excluding hydrogens is 557 g/mol. The van der Waals surface area contributed by atoms with Crippen LogP contribution in [0.15, 0.2) is 16.1 Å². The first kappa shape index (κ1) is 32.0. The molecule has 0 saturated carbocycles. The monoisotopic (exact) mass is 606 g/mol. The normalized spacial score (nSPS) is 25.7. The Labute approximate surface area is 246 Å². The van der Waals surface area contributed by atoms with E-state index in [1.54, 1.807) is 24.6 Å². The molecule has 0 spiro atoms. The predicted octanol–water partition coefficient (Wildman–Crippen LogP) is 5.10. The van der Waals surface area contributed by atoms with E-state index < -0.39 is 29.2 Å². The van der Waals surface area contributed by atoms with E-state index in [1.165, 1.54) is 4.57 Å². The number of imidazole rings is 1. The largest absolute Gasteiger partial charge is 0.407 e. The van der Waals surface area contributed by atoms with Gasteiger partial charge in [0.1, 0.15) is 18.3 Å². The Morgan fingerprint density at radius 1 is 1.12 bits per heavy atom. The van der Waals surface area contributed by atoms with E-state index in [4.69, 9.17) is 23.0 Å². The number of aromatic nitrogens is 4. The topological polar surface area (TPSA) is 105 Å². The average molecular weight is 607 g/mol. The zero-order chi connectivity index (χ0) is 30.9. The van der Waals surface area contributed by atoms with Gasteiger partial charge in [-0.3, -0.25) is 13.9 Å². The Kier molecular flexibility index (Phi) is 8.10. The van der Waals surface area contributed by atoms with Crippen LogP contribution in [0.4, 0.5) is 5.95 Å². The number of nitrogens with zero attached hydrogens (tertiary/aromatic N) is 6. The van der Waals surface area contributed by atoms with E-state index in [0.29, 0.717) is 12.3 Å². The van der Waals surface area contributed by atoms with Gasteiger partial charge < -0.3 is 22.9 Å². The second-order valence-corrected chi connectivity index (χ2v) is 24.7. The lowest BCUT2D eigenvalue weighted by Crippen LogP contribution is -2.66. The first-order valence-electron chi connectivity index (χ1n) is 14.4. The van der Waals surface area contributed by atoms with Crippen LogP contribution in [-0.2, 0) is 25.1 Å². The van der Waals surface area contributed by atoms with Crippen molar-refractivity contribution in [3.63, 3.8) is 0 Å². The molecule has 0 aromatic carbocycles. The van der Waals surface area contributed by atoms with Crippen LogP contribution in [0, 0.1) is 0 Å². The summed E-state index contributed by atoms with van der Waals surface area (Å²) >= 11 is 0. The summed E-state index contributed by atoms with van der Waals surface area (Å²) < 4.78 is 31.1. The minimum absolute atomic E-state index is 0.0391. The van der Waals surface area contributed by atoms with Crippen LogP contribution < -0.4 is 5.56 Å². The van der Waals surface area contributed by atoms with Crippen LogP contribution in [0.2, 0.25) is 28.2 Å². The highest BCUT2D eigenvalue weighted by molar-refractivity contribution is 6.74. The van der Waals surface area contributed by atoms with E-state index in [2.05, 4.69) is 85.4 Å². The minimum Gasteiger partial charge on any atom is -0.407 e. The molecule has 2 aliphatic heterocycles. The SMILES string of the molecule is CN(C)/C=N/c1nc2c(ncn2[C@@H]2O[C@H]3CO[Si](C(C)(C)C)(C(C)(C)C)O[C@@H]3C2O[Si](C)(C)C(C)(C)C)c(=O)n1C. The molecule has 2 fully saturated rings. The highest BCUT2D eigenvalue weighted by atomic mass is 28.4. The van der Waals surface area contributed by atoms with Gasteiger partial charge in [-0.05, 0) is 18.1 Å². The molecule has 2 aromatic heterocycles. The number of fused-ring (bicyclic) bond motifs is 2. The van der Waals surface area contributed by atoms with Crippen molar-refractivity contribution >= 4 is 40.3 Å². The van der Waals surface area contributed by atoms with E-state index >= 15 is 0 Å². The maximum absolute atomic E-state index is 13.3. The Bertz CT molecular complexity index is 1350. The second-order valence-electron chi connectivity index (χ2n) is 15.2. The summed E-state index contributed by atoms with van der Waals surface area (Å²) in [4.78, 5) is 28.7. The van der Waals surface area contributed by atoms with Crippen molar-refractivity contribution in [3.8, 4) is 0 Å². The first-order chi connectivity index (χ1) is 18.6. The van der Waals surface area contributed by atoms with Crippen LogP contribution in [0.1, 0.15) is 68.5 Å². The summed E-state index contributed by atoms with van der Waals surface area (Å²) in [5.74, 6) is 0.279. The average Bonchev–Trinajstić information content (AvgIpc) is 3.38. The van der Waals surface area contributed by atoms with Gasteiger partial charge in [-0.2, -0.15) is 4.98 Å². The Balaban J connectivity index is 1.87. The molecule has 13 heteroatoms. The molecule has 2 aromatic rings. The van der Waals surface area contributed by atoms with Crippen LogP contribution in [0.3, 0.4) is 0 Å². The van der Waals surface area contributed by atoms with Crippen LogP contribution in [-0.4, -0.2) is 86.2 Å². The van der Waals surface area contributed by atoms with Gasteiger partial charge in [0.2, 0.25) is 5.95 Å². The fraction of sp³-hybridized carbons (Fsp3) is 0.786. The molecule has 4 heterocycles. The van der Waals surface area contributed by atoms with E-state index in [1.807, 2.05) is 18.7 Å². The lowest BCUT2D eigenvalue weighted by molar-refractivity contribution is -0.0795. The molecule has 4 rings (SSSR count). The highest BCUT2D eigenvalue weighted by Gasteiger charge is 2.66. The number of rotatable bonds is 5. The molecule has 41 heavy (non-hydrogen) atoms. The molecule has 0 aliphatic carbocycles. The van der Waals surface area contributed by atoms with Crippen molar-refractivity contribution in [2.75, 3.05) is 20.7 Å². The van der Waals surface area contributed by atoms with Crippen LogP contribution in [0.25, 0.3) is 11.2 Å². The number of hydrogen-bond donors (Lipinski definition) is 0. The van der Waals surface area contributed by atoms with Gasteiger partial charge in [-0.1, -0.05) is 62.3 Å².